The minimum absolute atomic E-state index is 0.0594. The topological polar surface area (TPSA) is 131 Å². The lowest BCUT2D eigenvalue weighted by Gasteiger charge is -2.37. The quantitative estimate of drug-likeness (QED) is 0.242. The number of carbonyl (C=O) groups excluding carboxylic acids is 3. The van der Waals surface area contributed by atoms with Gasteiger partial charge in [-0.1, -0.05) is 69.7 Å². The number of carbonyl (C=O) groups is 3. The number of fused-ring (bicyclic) bond motifs is 1. The van der Waals surface area contributed by atoms with Crippen LogP contribution >= 0.6 is 0 Å². The fourth-order valence-corrected chi connectivity index (χ4v) is 5.27. The van der Waals surface area contributed by atoms with E-state index in [2.05, 4.69) is 16.0 Å². The van der Waals surface area contributed by atoms with Gasteiger partial charge in [0.05, 0.1) is 18.2 Å². The molecule has 1 unspecified atom stereocenters. The standard InChI is InChI=1S/C31H46N4O5/c1-5-14-31(3,4)30(40)35(29(39)26-11-8-15-33-26)27(28(38)34-20-25(37)19-32-18-21(2)36)17-22-12-13-23-9-6-7-10-24(23)16-22/h6-7,9-10,12-13,16,21,25-27,32-33,36-37H,5,8,11,14-15,17-20H2,1-4H3,(H,34,38)/t21-,25?,26+,27-/m1/s1. The van der Waals surface area contributed by atoms with Crippen LogP contribution in [0.5, 0.6) is 0 Å². The van der Waals surface area contributed by atoms with Gasteiger partial charge in [-0.05, 0) is 49.1 Å². The molecule has 0 spiro atoms. The first-order chi connectivity index (χ1) is 19.0. The molecule has 0 radical (unpaired) electrons. The van der Waals surface area contributed by atoms with Gasteiger partial charge in [-0.2, -0.15) is 0 Å². The fourth-order valence-electron chi connectivity index (χ4n) is 5.27. The zero-order chi connectivity index (χ0) is 29.3. The summed E-state index contributed by atoms with van der Waals surface area (Å²) in [4.78, 5) is 43.0. The molecular weight excluding hydrogens is 508 g/mol. The zero-order valence-electron chi connectivity index (χ0n) is 24.3. The van der Waals surface area contributed by atoms with Gasteiger partial charge in [0.1, 0.15) is 6.04 Å². The van der Waals surface area contributed by atoms with Gasteiger partial charge in [-0.15, -0.1) is 0 Å². The smallest absolute Gasteiger partial charge is 0.247 e. The molecular formula is C31H46N4O5. The van der Waals surface area contributed by atoms with E-state index in [9.17, 15) is 24.6 Å². The lowest BCUT2D eigenvalue weighted by atomic mass is 9.85. The molecule has 4 atom stereocenters. The molecule has 1 saturated heterocycles. The van der Waals surface area contributed by atoms with Crippen LogP contribution in [0.25, 0.3) is 10.8 Å². The second-order valence-corrected chi connectivity index (χ2v) is 11.6. The molecule has 0 aliphatic carbocycles. The molecule has 0 bridgehead atoms. The Kier molecular flexibility index (Phi) is 11.6. The highest BCUT2D eigenvalue weighted by Crippen LogP contribution is 2.29. The molecule has 0 saturated carbocycles. The normalized spacial score (nSPS) is 17.8. The predicted octanol–water partition coefficient (Wildman–Crippen LogP) is 2.13. The van der Waals surface area contributed by atoms with Crippen LogP contribution in [0, 0.1) is 5.41 Å². The van der Waals surface area contributed by atoms with Crippen molar-refractivity contribution in [3.05, 3.63) is 48.0 Å². The first-order valence-corrected chi connectivity index (χ1v) is 14.5. The van der Waals surface area contributed by atoms with Crippen molar-refractivity contribution in [3.63, 3.8) is 0 Å². The first kappa shape index (κ1) is 31.7. The summed E-state index contributed by atoms with van der Waals surface area (Å²) < 4.78 is 0. The van der Waals surface area contributed by atoms with Gasteiger partial charge >= 0.3 is 0 Å². The van der Waals surface area contributed by atoms with E-state index in [1.54, 1.807) is 6.92 Å². The van der Waals surface area contributed by atoms with Crippen LogP contribution in [-0.2, 0) is 20.8 Å². The maximum absolute atomic E-state index is 14.1. The molecule has 9 heteroatoms. The van der Waals surface area contributed by atoms with Gasteiger partial charge in [-0.25, -0.2) is 0 Å². The van der Waals surface area contributed by atoms with Gasteiger partial charge in [0.2, 0.25) is 17.7 Å². The maximum atomic E-state index is 14.1. The van der Waals surface area contributed by atoms with Gasteiger partial charge in [0.25, 0.3) is 0 Å². The molecule has 220 valence electrons. The summed E-state index contributed by atoms with van der Waals surface area (Å²) in [6, 6.07) is 12.2. The molecule has 9 nitrogen and oxygen atoms in total. The average molecular weight is 555 g/mol. The highest BCUT2D eigenvalue weighted by molar-refractivity contribution is 6.04. The summed E-state index contributed by atoms with van der Waals surface area (Å²) in [5, 5.41) is 30.8. The number of imide groups is 1. The summed E-state index contributed by atoms with van der Waals surface area (Å²) >= 11 is 0. The lowest BCUT2D eigenvalue weighted by molar-refractivity contribution is -0.158. The van der Waals surface area contributed by atoms with E-state index in [0.29, 0.717) is 25.9 Å². The third kappa shape index (κ3) is 8.57. The number of amides is 3. The van der Waals surface area contributed by atoms with Gasteiger partial charge in [-0.3, -0.25) is 19.3 Å². The van der Waals surface area contributed by atoms with Crippen LogP contribution < -0.4 is 16.0 Å². The molecule has 0 aromatic heterocycles. The Morgan fingerprint density at radius 2 is 1.80 bits per heavy atom. The van der Waals surface area contributed by atoms with Crippen LogP contribution in [-0.4, -0.2) is 83.3 Å². The van der Waals surface area contributed by atoms with Crippen LogP contribution in [0.15, 0.2) is 42.5 Å². The Morgan fingerprint density at radius 1 is 1.07 bits per heavy atom. The van der Waals surface area contributed by atoms with Crippen molar-refractivity contribution in [2.75, 3.05) is 26.2 Å². The summed E-state index contributed by atoms with van der Waals surface area (Å²) in [6.07, 6.45) is 1.45. The van der Waals surface area contributed by atoms with Gasteiger partial charge < -0.3 is 26.2 Å². The number of aliphatic hydroxyl groups is 2. The number of hydrogen-bond acceptors (Lipinski definition) is 7. The van der Waals surface area contributed by atoms with Crippen molar-refractivity contribution in [3.8, 4) is 0 Å². The summed E-state index contributed by atoms with van der Waals surface area (Å²) in [6.45, 7) is 8.39. The number of hydrogen-bond donors (Lipinski definition) is 5. The highest BCUT2D eigenvalue weighted by Gasteiger charge is 2.43. The van der Waals surface area contributed by atoms with E-state index >= 15 is 0 Å². The molecule has 2 aromatic carbocycles. The van der Waals surface area contributed by atoms with Crippen LogP contribution in [0.1, 0.15) is 58.9 Å². The molecule has 2 aromatic rings. The van der Waals surface area contributed by atoms with Crippen molar-refractivity contribution in [1.82, 2.24) is 20.9 Å². The second kappa shape index (κ2) is 14.7. The number of nitrogens with one attached hydrogen (secondary N) is 3. The third-order valence-corrected chi connectivity index (χ3v) is 7.46. The fraction of sp³-hybridized carbons (Fsp3) is 0.581. The lowest BCUT2D eigenvalue weighted by Crippen LogP contribution is -2.60. The summed E-state index contributed by atoms with van der Waals surface area (Å²) in [7, 11) is 0. The first-order valence-electron chi connectivity index (χ1n) is 14.5. The van der Waals surface area contributed by atoms with Crippen molar-refractivity contribution in [2.24, 2.45) is 5.41 Å². The molecule has 1 fully saturated rings. The van der Waals surface area contributed by atoms with E-state index < -0.39 is 35.6 Å². The van der Waals surface area contributed by atoms with E-state index in [1.165, 1.54) is 4.90 Å². The monoisotopic (exact) mass is 554 g/mol. The third-order valence-electron chi connectivity index (χ3n) is 7.46. The molecule has 1 aliphatic rings. The van der Waals surface area contributed by atoms with E-state index in [1.807, 2.05) is 63.2 Å². The summed E-state index contributed by atoms with van der Waals surface area (Å²) in [5.41, 5.74) is -0.00806. The molecule has 5 N–H and O–H groups in total. The summed E-state index contributed by atoms with van der Waals surface area (Å²) in [5.74, 6) is -1.24. The van der Waals surface area contributed by atoms with E-state index in [-0.39, 0.29) is 31.3 Å². The zero-order valence-corrected chi connectivity index (χ0v) is 24.3. The molecule has 40 heavy (non-hydrogen) atoms. The van der Waals surface area contributed by atoms with Gasteiger partial charge in [0, 0.05) is 31.5 Å². The largest absolute Gasteiger partial charge is 0.392 e. The van der Waals surface area contributed by atoms with Crippen LogP contribution in [0.4, 0.5) is 0 Å². The Labute approximate surface area is 237 Å². The molecule has 3 rings (SSSR count). The van der Waals surface area contributed by atoms with Crippen molar-refractivity contribution in [1.29, 1.82) is 0 Å². The number of nitrogens with zero attached hydrogens (tertiary/aromatic N) is 1. The Hall–Kier alpha value is -2.85. The molecule has 1 heterocycles. The minimum atomic E-state index is -1.09. The average Bonchev–Trinajstić information content (AvgIpc) is 3.46. The highest BCUT2D eigenvalue weighted by atomic mass is 16.3. The van der Waals surface area contributed by atoms with Crippen LogP contribution in [0.3, 0.4) is 0 Å². The number of rotatable bonds is 14. The predicted molar refractivity (Wildman–Crippen MR) is 157 cm³/mol. The van der Waals surface area contributed by atoms with Crippen molar-refractivity contribution < 1.29 is 24.6 Å². The molecule has 3 amide bonds. The SMILES string of the molecule is CCCC(C)(C)C(=O)N(C(=O)[C@@H]1CCCN1)[C@H](Cc1ccc2ccccc2c1)C(=O)NCC(O)CNC[C@@H](C)O. The van der Waals surface area contributed by atoms with Gasteiger partial charge in [0.15, 0.2) is 0 Å². The van der Waals surface area contributed by atoms with Crippen molar-refractivity contribution >= 4 is 28.5 Å². The van der Waals surface area contributed by atoms with Crippen LogP contribution in [0.2, 0.25) is 0 Å². The Morgan fingerprint density at radius 3 is 2.45 bits per heavy atom. The van der Waals surface area contributed by atoms with E-state index in [0.717, 1.165) is 29.2 Å². The Bertz CT molecular complexity index is 1150. The van der Waals surface area contributed by atoms with E-state index in [4.69, 9.17) is 0 Å². The number of aliphatic hydroxyl groups excluding tert-OH is 2. The molecule has 1 aliphatic heterocycles. The minimum Gasteiger partial charge on any atom is -0.392 e. The van der Waals surface area contributed by atoms with Crippen molar-refractivity contribution in [2.45, 2.75) is 84.1 Å². The maximum Gasteiger partial charge on any atom is 0.247 e. The Balaban J connectivity index is 1.94. The number of benzene rings is 2. The second-order valence-electron chi connectivity index (χ2n) is 11.6.